The van der Waals surface area contributed by atoms with Crippen molar-refractivity contribution in [2.45, 2.75) is 32.3 Å². The van der Waals surface area contributed by atoms with Gasteiger partial charge in [-0.05, 0) is 48.6 Å². The molecule has 0 amide bonds. The average Bonchev–Trinajstić information content (AvgIpc) is 2.93. The fourth-order valence-corrected chi connectivity index (χ4v) is 3.52. The van der Waals surface area contributed by atoms with Gasteiger partial charge in [0.2, 0.25) is 0 Å². The Morgan fingerprint density at radius 3 is 2.96 bits per heavy atom. The van der Waals surface area contributed by atoms with Crippen LogP contribution in [0.1, 0.15) is 33.5 Å². The quantitative estimate of drug-likeness (QED) is 0.767. The average molecular weight is 338 g/mol. The lowest BCUT2D eigenvalue weighted by Gasteiger charge is -2.26. The van der Waals surface area contributed by atoms with Crippen LogP contribution in [0, 0.1) is 6.92 Å². The maximum Gasteiger partial charge on any atom is 0.337 e. The molecule has 2 heterocycles. The minimum absolute atomic E-state index is 0.00539. The molecule has 2 N–H and O–H groups in total. The minimum Gasteiger partial charge on any atom is -0.508 e. The van der Waals surface area contributed by atoms with Crippen molar-refractivity contribution in [2.24, 2.45) is 0 Å². The fraction of sp³-hybridized carbons (Fsp3) is 0.263. The van der Waals surface area contributed by atoms with Crippen molar-refractivity contribution in [2.75, 3.05) is 0 Å². The topological polar surface area (TPSA) is 84.1 Å². The van der Waals surface area contributed by atoms with Gasteiger partial charge >= 0.3 is 5.97 Å². The molecule has 2 aromatic heterocycles. The van der Waals surface area contributed by atoms with E-state index in [1.807, 2.05) is 12.1 Å². The molecule has 1 aliphatic carbocycles. The number of aromatic carboxylic acids is 1. The summed E-state index contributed by atoms with van der Waals surface area (Å²) in [5, 5.41) is 23.1. The molecule has 1 atom stereocenters. The zero-order chi connectivity index (χ0) is 17.6. The number of phenolic OH excluding ortho intramolecular Hbond substituents is 1. The van der Waals surface area contributed by atoms with Gasteiger partial charge in [0.15, 0.2) is 0 Å². The van der Waals surface area contributed by atoms with E-state index in [1.54, 1.807) is 29.8 Å². The zero-order valence-electron chi connectivity index (χ0n) is 13.8. The Labute approximate surface area is 144 Å². The van der Waals surface area contributed by atoms with Crippen molar-refractivity contribution in [1.29, 1.82) is 0 Å². The molecule has 128 valence electrons. The maximum atomic E-state index is 11.4. The highest BCUT2D eigenvalue weighted by molar-refractivity contribution is 5.93. The third-order valence-corrected chi connectivity index (χ3v) is 4.79. The van der Waals surface area contributed by atoms with Gasteiger partial charge in [-0.1, -0.05) is 6.07 Å². The van der Waals surface area contributed by atoms with Crippen molar-refractivity contribution >= 4 is 11.5 Å². The van der Waals surface area contributed by atoms with Crippen molar-refractivity contribution in [3.8, 4) is 11.5 Å². The number of aromatic hydroxyl groups is 1. The highest BCUT2D eigenvalue weighted by atomic mass is 16.5. The number of aromatic nitrogens is 2. The number of phenols is 1. The number of aryl methyl sites for hydroxylation is 2. The van der Waals surface area contributed by atoms with Crippen molar-refractivity contribution < 1.29 is 19.7 Å². The lowest BCUT2D eigenvalue weighted by molar-refractivity contribution is 0.0696. The van der Waals surface area contributed by atoms with Gasteiger partial charge in [-0.15, -0.1) is 0 Å². The van der Waals surface area contributed by atoms with Crippen LogP contribution in [0.2, 0.25) is 0 Å². The highest BCUT2D eigenvalue weighted by Gasteiger charge is 2.23. The molecular weight excluding hydrogens is 320 g/mol. The van der Waals surface area contributed by atoms with Crippen LogP contribution in [-0.4, -0.2) is 31.9 Å². The molecule has 1 aliphatic rings. The molecule has 1 unspecified atom stereocenters. The largest absolute Gasteiger partial charge is 0.508 e. The summed E-state index contributed by atoms with van der Waals surface area (Å²) in [5.41, 5.74) is 3.91. The lowest BCUT2D eigenvalue weighted by Crippen LogP contribution is -2.25. The molecule has 0 radical (unpaired) electrons. The summed E-state index contributed by atoms with van der Waals surface area (Å²) in [4.78, 5) is 11.4. The number of rotatable bonds is 3. The molecule has 3 aromatic rings. The fourth-order valence-electron chi connectivity index (χ4n) is 3.52. The van der Waals surface area contributed by atoms with Gasteiger partial charge in [0.05, 0.1) is 11.8 Å². The zero-order valence-corrected chi connectivity index (χ0v) is 13.8. The van der Waals surface area contributed by atoms with Crippen molar-refractivity contribution in [3.63, 3.8) is 0 Å². The first-order valence-electron chi connectivity index (χ1n) is 8.20. The van der Waals surface area contributed by atoms with E-state index in [4.69, 9.17) is 4.74 Å². The Morgan fingerprint density at radius 1 is 1.32 bits per heavy atom. The number of carbonyl (C=O) groups is 1. The molecule has 0 fully saturated rings. The molecule has 0 bridgehead atoms. The van der Waals surface area contributed by atoms with Crippen molar-refractivity contribution in [3.05, 3.63) is 58.9 Å². The second-order valence-electron chi connectivity index (χ2n) is 6.40. The second-order valence-corrected chi connectivity index (χ2v) is 6.40. The monoisotopic (exact) mass is 338 g/mol. The first kappa shape index (κ1) is 15.5. The Hall–Kier alpha value is -3.02. The Bertz CT molecular complexity index is 977. The number of carboxylic acid groups (broad SMARTS) is 1. The van der Waals surface area contributed by atoms with Crippen LogP contribution in [0.15, 0.2) is 36.7 Å². The summed E-state index contributed by atoms with van der Waals surface area (Å²) in [6.07, 6.45) is 5.58. The third kappa shape index (κ3) is 2.69. The van der Waals surface area contributed by atoms with Gasteiger partial charge in [-0.25, -0.2) is 9.31 Å². The molecule has 6 nitrogen and oxygen atoms in total. The molecule has 4 rings (SSSR count). The van der Waals surface area contributed by atoms with Gasteiger partial charge in [-0.2, -0.15) is 5.10 Å². The second kappa shape index (κ2) is 5.81. The van der Waals surface area contributed by atoms with Gasteiger partial charge in [0.25, 0.3) is 0 Å². The number of hydrogen-bond donors (Lipinski definition) is 2. The first-order valence-corrected chi connectivity index (χ1v) is 8.20. The summed E-state index contributed by atoms with van der Waals surface area (Å²) in [7, 11) is 0. The van der Waals surface area contributed by atoms with Crippen LogP contribution in [-0.2, 0) is 12.8 Å². The van der Waals surface area contributed by atoms with Gasteiger partial charge < -0.3 is 14.9 Å². The molecular formula is C19H18N2O4. The molecule has 1 aromatic carbocycles. The van der Waals surface area contributed by atoms with Crippen LogP contribution in [0.25, 0.3) is 5.52 Å². The van der Waals surface area contributed by atoms with Gasteiger partial charge in [-0.3, -0.25) is 0 Å². The van der Waals surface area contributed by atoms with Crippen LogP contribution < -0.4 is 4.74 Å². The summed E-state index contributed by atoms with van der Waals surface area (Å²) >= 11 is 0. The normalized spacial score (nSPS) is 16.6. The third-order valence-electron chi connectivity index (χ3n) is 4.79. The Morgan fingerprint density at radius 2 is 2.16 bits per heavy atom. The van der Waals surface area contributed by atoms with E-state index in [-0.39, 0.29) is 11.7 Å². The standard InChI is InChI=1S/C19H18N2O4/c1-11-16(19(23)24)10-21-18(11)17(6-7-20-21)25-15-5-3-12-8-14(22)4-2-13(12)9-15/h2,4,6-8,10,15,22H,3,5,9H2,1H3,(H,23,24). The lowest BCUT2D eigenvalue weighted by atomic mass is 9.89. The predicted molar refractivity (Wildman–Crippen MR) is 91.4 cm³/mol. The minimum atomic E-state index is -0.972. The van der Waals surface area contributed by atoms with E-state index in [0.29, 0.717) is 22.6 Å². The number of nitrogens with zero attached hydrogens (tertiary/aromatic N) is 2. The van der Waals surface area contributed by atoms with E-state index < -0.39 is 5.97 Å². The van der Waals surface area contributed by atoms with E-state index in [1.165, 1.54) is 11.8 Å². The van der Waals surface area contributed by atoms with E-state index >= 15 is 0 Å². The summed E-state index contributed by atoms with van der Waals surface area (Å²) in [5.74, 6) is -0.0356. The summed E-state index contributed by atoms with van der Waals surface area (Å²) < 4.78 is 7.77. The molecule has 25 heavy (non-hydrogen) atoms. The van der Waals surface area contributed by atoms with Gasteiger partial charge in [0.1, 0.15) is 23.1 Å². The Kier molecular flexibility index (Phi) is 3.60. The first-order chi connectivity index (χ1) is 12.0. The van der Waals surface area contributed by atoms with E-state index in [9.17, 15) is 15.0 Å². The number of benzene rings is 1. The maximum absolute atomic E-state index is 11.4. The molecule has 0 saturated carbocycles. The van der Waals surface area contributed by atoms with E-state index in [0.717, 1.165) is 24.8 Å². The molecule has 0 saturated heterocycles. The van der Waals surface area contributed by atoms with Crippen LogP contribution in [0.5, 0.6) is 11.5 Å². The number of hydrogen-bond acceptors (Lipinski definition) is 4. The van der Waals surface area contributed by atoms with Crippen LogP contribution in [0.4, 0.5) is 0 Å². The Balaban J connectivity index is 1.65. The smallest absolute Gasteiger partial charge is 0.337 e. The molecule has 0 aliphatic heterocycles. The predicted octanol–water partition coefficient (Wildman–Crippen LogP) is 2.98. The van der Waals surface area contributed by atoms with Crippen LogP contribution in [0.3, 0.4) is 0 Å². The number of carboxylic acids is 1. The molecule has 0 spiro atoms. The molecule has 6 heteroatoms. The van der Waals surface area contributed by atoms with Crippen molar-refractivity contribution in [1.82, 2.24) is 9.61 Å². The number of fused-ring (bicyclic) bond motifs is 2. The van der Waals surface area contributed by atoms with E-state index in [2.05, 4.69) is 5.10 Å². The summed E-state index contributed by atoms with van der Waals surface area (Å²) in [6, 6.07) is 7.22. The summed E-state index contributed by atoms with van der Waals surface area (Å²) in [6.45, 7) is 1.77. The van der Waals surface area contributed by atoms with Crippen LogP contribution >= 0.6 is 0 Å². The van der Waals surface area contributed by atoms with Gasteiger partial charge in [0, 0.05) is 18.7 Å². The highest BCUT2D eigenvalue weighted by Crippen LogP contribution is 2.31. The SMILES string of the molecule is Cc1c(C(=O)O)cn2nccc(OC3CCc4cc(O)ccc4C3)c12. The number of ether oxygens (including phenoxy) is 1.